The molecule has 1 unspecified atom stereocenters. The van der Waals surface area contributed by atoms with Crippen molar-refractivity contribution in [3.05, 3.63) is 23.8 Å². The summed E-state index contributed by atoms with van der Waals surface area (Å²) in [7, 11) is -2.22. The zero-order chi connectivity index (χ0) is 16.8. The smallest absolute Gasteiger partial charge is 0.255 e. The van der Waals surface area contributed by atoms with Gasteiger partial charge in [-0.05, 0) is 38.5 Å². The highest BCUT2D eigenvalue weighted by atomic mass is 32.2. The molecule has 0 saturated heterocycles. The Bertz CT molecular complexity index is 614. The molecule has 0 saturated carbocycles. The minimum absolute atomic E-state index is 0.0532. The lowest BCUT2D eigenvalue weighted by Crippen LogP contribution is -2.32. The number of ether oxygens (including phenoxy) is 1. The number of amides is 1. The third-order valence-corrected chi connectivity index (χ3v) is 4.73. The first kappa shape index (κ1) is 18.4. The van der Waals surface area contributed by atoms with Crippen LogP contribution in [-0.4, -0.2) is 34.0 Å². The Morgan fingerprint density at radius 1 is 1.32 bits per heavy atom. The lowest BCUT2D eigenvalue weighted by molar-refractivity contribution is 0.0952. The Balaban J connectivity index is 3.15. The van der Waals surface area contributed by atoms with Crippen molar-refractivity contribution >= 4 is 15.9 Å². The summed E-state index contributed by atoms with van der Waals surface area (Å²) in [5, 5.41) is 2.64. The van der Waals surface area contributed by atoms with Crippen LogP contribution in [0.15, 0.2) is 23.1 Å². The second kappa shape index (κ2) is 8.14. The van der Waals surface area contributed by atoms with Gasteiger partial charge in [0.2, 0.25) is 10.0 Å². The van der Waals surface area contributed by atoms with E-state index < -0.39 is 10.0 Å². The maximum absolute atomic E-state index is 12.4. The minimum Gasteiger partial charge on any atom is -0.496 e. The molecule has 0 heterocycles. The SMILES string of the molecule is CCCC(C)NS(=O)(=O)c1ccc(OC)c(C(=O)NCC)c1. The quantitative estimate of drug-likeness (QED) is 0.763. The van der Waals surface area contributed by atoms with Crippen molar-refractivity contribution in [3.63, 3.8) is 0 Å². The first-order chi connectivity index (χ1) is 10.4. The Morgan fingerprint density at radius 3 is 2.55 bits per heavy atom. The van der Waals surface area contributed by atoms with Gasteiger partial charge in [0.25, 0.3) is 5.91 Å². The van der Waals surface area contributed by atoms with Crippen molar-refractivity contribution in [2.45, 2.75) is 44.6 Å². The summed E-state index contributed by atoms with van der Waals surface area (Å²) < 4.78 is 32.5. The van der Waals surface area contributed by atoms with E-state index in [1.807, 2.05) is 13.8 Å². The summed E-state index contributed by atoms with van der Waals surface area (Å²) >= 11 is 0. The predicted octanol–water partition coefficient (Wildman–Crippen LogP) is 1.91. The highest BCUT2D eigenvalue weighted by molar-refractivity contribution is 7.89. The van der Waals surface area contributed by atoms with Gasteiger partial charge in [0, 0.05) is 12.6 Å². The molecule has 1 rings (SSSR count). The van der Waals surface area contributed by atoms with Crippen molar-refractivity contribution in [2.24, 2.45) is 0 Å². The largest absolute Gasteiger partial charge is 0.496 e. The molecule has 0 radical (unpaired) electrons. The summed E-state index contributed by atoms with van der Waals surface area (Å²) in [6.45, 7) is 6.05. The second-order valence-corrected chi connectivity index (χ2v) is 6.75. The van der Waals surface area contributed by atoms with Gasteiger partial charge in [-0.1, -0.05) is 13.3 Å². The van der Waals surface area contributed by atoms with Crippen LogP contribution in [0.1, 0.15) is 44.0 Å². The van der Waals surface area contributed by atoms with Gasteiger partial charge >= 0.3 is 0 Å². The van der Waals surface area contributed by atoms with Crippen LogP contribution in [0.2, 0.25) is 0 Å². The number of carbonyl (C=O) groups is 1. The van der Waals surface area contributed by atoms with E-state index in [-0.39, 0.29) is 22.4 Å². The first-order valence-corrected chi connectivity index (χ1v) is 8.82. The van der Waals surface area contributed by atoms with Crippen LogP contribution in [-0.2, 0) is 10.0 Å². The lowest BCUT2D eigenvalue weighted by atomic mass is 10.2. The van der Waals surface area contributed by atoms with E-state index in [0.717, 1.165) is 12.8 Å². The Morgan fingerprint density at radius 2 is 2.00 bits per heavy atom. The standard InChI is InChI=1S/C15H24N2O4S/c1-5-7-11(3)17-22(19,20)12-8-9-14(21-4)13(10-12)15(18)16-6-2/h8-11,17H,5-7H2,1-4H3,(H,16,18). The molecule has 0 aromatic heterocycles. The Labute approximate surface area is 132 Å². The molecule has 1 aromatic rings. The molecule has 124 valence electrons. The van der Waals surface area contributed by atoms with Gasteiger partial charge in [0.05, 0.1) is 17.6 Å². The molecule has 22 heavy (non-hydrogen) atoms. The molecule has 7 heteroatoms. The van der Waals surface area contributed by atoms with Gasteiger partial charge in [0.15, 0.2) is 0 Å². The summed E-state index contributed by atoms with van der Waals surface area (Å²) in [5.74, 6) is -0.0236. The van der Waals surface area contributed by atoms with Crippen molar-refractivity contribution < 1.29 is 17.9 Å². The van der Waals surface area contributed by atoms with E-state index in [1.54, 1.807) is 6.92 Å². The van der Waals surface area contributed by atoms with Crippen LogP contribution < -0.4 is 14.8 Å². The number of rotatable bonds is 8. The van der Waals surface area contributed by atoms with Crippen LogP contribution in [0.4, 0.5) is 0 Å². The normalized spacial score (nSPS) is 12.7. The highest BCUT2D eigenvalue weighted by Crippen LogP contribution is 2.22. The molecule has 0 aliphatic carbocycles. The average molecular weight is 328 g/mol. The van der Waals surface area contributed by atoms with Crippen molar-refractivity contribution in [3.8, 4) is 5.75 Å². The number of carbonyl (C=O) groups excluding carboxylic acids is 1. The number of hydrogen-bond donors (Lipinski definition) is 2. The number of benzene rings is 1. The summed E-state index contributed by atoms with van der Waals surface area (Å²) in [6.07, 6.45) is 1.63. The molecule has 0 aliphatic rings. The monoisotopic (exact) mass is 328 g/mol. The van der Waals surface area contributed by atoms with E-state index in [9.17, 15) is 13.2 Å². The zero-order valence-electron chi connectivity index (χ0n) is 13.5. The highest BCUT2D eigenvalue weighted by Gasteiger charge is 2.21. The number of hydrogen-bond acceptors (Lipinski definition) is 4. The van der Waals surface area contributed by atoms with Gasteiger partial charge in [-0.3, -0.25) is 4.79 Å². The molecule has 0 bridgehead atoms. The van der Waals surface area contributed by atoms with Crippen molar-refractivity contribution in [1.29, 1.82) is 0 Å². The average Bonchev–Trinajstić information content (AvgIpc) is 2.46. The number of nitrogens with one attached hydrogen (secondary N) is 2. The maximum Gasteiger partial charge on any atom is 0.255 e. The van der Waals surface area contributed by atoms with Crippen LogP contribution in [0.3, 0.4) is 0 Å². The van der Waals surface area contributed by atoms with Gasteiger partial charge in [-0.25, -0.2) is 13.1 Å². The van der Waals surface area contributed by atoms with Crippen LogP contribution in [0, 0.1) is 0 Å². The molecule has 0 spiro atoms. The van der Waals surface area contributed by atoms with E-state index in [0.29, 0.717) is 12.3 Å². The fourth-order valence-corrected chi connectivity index (χ4v) is 3.42. The second-order valence-electron chi connectivity index (χ2n) is 5.03. The van der Waals surface area contributed by atoms with Crippen LogP contribution >= 0.6 is 0 Å². The van der Waals surface area contributed by atoms with Crippen LogP contribution in [0.25, 0.3) is 0 Å². The fourth-order valence-electron chi connectivity index (χ4n) is 2.11. The zero-order valence-corrected chi connectivity index (χ0v) is 14.3. The Hall–Kier alpha value is -1.60. The summed E-state index contributed by atoms with van der Waals surface area (Å²) in [5.41, 5.74) is 0.204. The van der Waals surface area contributed by atoms with E-state index in [4.69, 9.17) is 4.74 Å². The lowest BCUT2D eigenvalue weighted by Gasteiger charge is -2.15. The molecular weight excluding hydrogens is 304 g/mol. The molecule has 1 atom stereocenters. The number of sulfonamides is 1. The molecule has 0 fully saturated rings. The minimum atomic E-state index is -3.66. The van der Waals surface area contributed by atoms with Crippen molar-refractivity contribution in [2.75, 3.05) is 13.7 Å². The summed E-state index contributed by atoms with van der Waals surface area (Å²) in [4.78, 5) is 12.1. The van der Waals surface area contributed by atoms with Crippen molar-refractivity contribution in [1.82, 2.24) is 10.0 Å². The molecule has 1 amide bonds. The molecule has 1 aromatic carbocycles. The Kier molecular flexibility index (Phi) is 6.83. The summed E-state index contributed by atoms with van der Waals surface area (Å²) in [6, 6.07) is 4.10. The van der Waals surface area contributed by atoms with E-state index in [1.165, 1.54) is 25.3 Å². The molecular formula is C15H24N2O4S. The van der Waals surface area contributed by atoms with Gasteiger partial charge < -0.3 is 10.1 Å². The van der Waals surface area contributed by atoms with Gasteiger partial charge in [-0.2, -0.15) is 0 Å². The van der Waals surface area contributed by atoms with Gasteiger partial charge in [0.1, 0.15) is 5.75 Å². The van der Waals surface area contributed by atoms with E-state index in [2.05, 4.69) is 10.0 Å². The topological polar surface area (TPSA) is 84.5 Å². The third-order valence-electron chi connectivity index (χ3n) is 3.14. The number of methoxy groups -OCH3 is 1. The maximum atomic E-state index is 12.4. The molecule has 6 nitrogen and oxygen atoms in total. The first-order valence-electron chi connectivity index (χ1n) is 7.34. The van der Waals surface area contributed by atoms with Crippen LogP contribution in [0.5, 0.6) is 5.75 Å². The fraction of sp³-hybridized carbons (Fsp3) is 0.533. The molecule has 0 aliphatic heterocycles. The van der Waals surface area contributed by atoms with Gasteiger partial charge in [-0.15, -0.1) is 0 Å². The van der Waals surface area contributed by atoms with E-state index >= 15 is 0 Å². The predicted molar refractivity (Wildman–Crippen MR) is 85.7 cm³/mol. The third kappa shape index (κ3) is 4.71. The molecule has 2 N–H and O–H groups in total.